The third-order valence-electron chi connectivity index (χ3n) is 4.99. The summed E-state index contributed by atoms with van der Waals surface area (Å²) in [6.45, 7) is 2.16. The van der Waals surface area contributed by atoms with Crippen LogP contribution in [0.5, 0.6) is 0 Å². The zero-order valence-corrected chi connectivity index (χ0v) is 13.7. The Kier molecular flexibility index (Phi) is 3.63. The van der Waals surface area contributed by atoms with Gasteiger partial charge in [0.25, 0.3) is 5.91 Å². The van der Waals surface area contributed by atoms with Crippen molar-refractivity contribution < 1.29 is 9.59 Å². The minimum Gasteiger partial charge on any atom is -0.366 e. The fraction of sp³-hybridized carbons (Fsp3) is 0.471. The molecule has 24 heavy (non-hydrogen) atoms. The zero-order chi connectivity index (χ0) is 16.7. The average Bonchev–Trinajstić information content (AvgIpc) is 3.33. The number of H-pyrrole nitrogens is 1. The Morgan fingerprint density at radius 2 is 2.21 bits per heavy atom. The van der Waals surface area contributed by atoms with Gasteiger partial charge in [0, 0.05) is 62.8 Å². The Morgan fingerprint density at radius 1 is 1.33 bits per heavy atom. The molecular formula is C17H21N5O2. The first-order valence-corrected chi connectivity index (χ1v) is 8.38. The van der Waals surface area contributed by atoms with Crippen molar-refractivity contribution in [3.05, 3.63) is 30.4 Å². The molecule has 1 atom stereocenters. The number of hydrogen-bond acceptors (Lipinski definition) is 3. The van der Waals surface area contributed by atoms with E-state index in [-0.39, 0.29) is 17.9 Å². The highest BCUT2D eigenvalue weighted by molar-refractivity contribution is 6.00. The number of amides is 2. The molecule has 7 heteroatoms. The summed E-state index contributed by atoms with van der Waals surface area (Å²) in [6, 6.07) is 0.171. The van der Waals surface area contributed by atoms with Crippen molar-refractivity contribution in [3.63, 3.8) is 0 Å². The van der Waals surface area contributed by atoms with Gasteiger partial charge in [0.2, 0.25) is 5.91 Å². The van der Waals surface area contributed by atoms with E-state index in [1.54, 1.807) is 17.1 Å². The number of nitrogens with one attached hydrogen (secondary N) is 1. The van der Waals surface area contributed by atoms with Crippen LogP contribution < -0.4 is 0 Å². The number of nitrogens with zero attached hydrogens (tertiary/aromatic N) is 4. The number of aromatic nitrogens is 3. The SMILES string of the molecule is Cn1cc(-c2c[nH]cc2C(=O)N2CCC(N3CCCC3=O)C2)cn1. The van der Waals surface area contributed by atoms with Crippen molar-refractivity contribution in [2.75, 3.05) is 19.6 Å². The van der Waals surface area contributed by atoms with E-state index in [1.807, 2.05) is 29.2 Å². The second-order valence-corrected chi connectivity index (χ2v) is 6.57. The molecule has 2 aliphatic rings. The fourth-order valence-corrected chi connectivity index (χ4v) is 3.75. The molecule has 126 valence electrons. The minimum atomic E-state index is 0.0178. The molecule has 4 heterocycles. The van der Waals surface area contributed by atoms with Gasteiger partial charge in [0.15, 0.2) is 0 Å². The van der Waals surface area contributed by atoms with Crippen molar-refractivity contribution in [1.82, 2.24) is 24.6 Å². The predicted octanol–water partition coefficient (Wildman–Crippen LogP) is 1.25. The van der Waals surface area contributed by atoms with Gasteiger partial charge in [-0.1, -0.05) is 0 Å². The number of aryl methyl sites for hydroxylation is 1. The predicted molar refractivity (Wildman–Crippen MR) is 88.3 cm³/mol. The van der Waals surface area contributed by atoms with Crippen molar-refractivity contribution in [1.29, 1.82) is 0 Å². The third-order valence-corrected chi connectivity index (χ3v) is 4.99. The molecule has 2 aromatic heterocycles. The Bertz CT molecular complexity index is 778. The first-order chi connectivity index (χ1) is 11.6. The Balaban J connectivity index is 1.51. The minimum absolute atomic E-state index is 0.0178. The summed E-state index contributed by atoms with van der Waals surface area (Å²) in [5, 5.41) is 4.18. The van der Waals surface area contributed by atoms with Crippen LogP contribution in [-0.4, -0.2) is 62.1 Å². The molecule has 2 aliphatic heterocycles. The molecular weight excluding hydrogens is 306 g/mol. The molecule has 4 rings (SSSR count). The monoisotopic (exact) mass is 327 g/mol. The number of aromatic amines is 1. The van der Waals surface area contributed by atoms with E-state index in [0.717, 1.165) is 30.5 Å². The molecule has 0 radical (unpaired) electrons. The van der Waals surface area contributed by atoms with Crippen molar-refractivity contribution in [3.8, 4) is 11.1 Å². The van der Waals surface area contributed by atoms with Gasteiger partial charge >= 0.3 is 0 Å². The fourth-order valence-electron chi connectivity index (χ4n) is 3.75. The molecule has 2 fully saturated rings. The van der Waals surface area contributed by atoms with Gasteiger partial charge in [-0.2, -0.15) is 5.10 Å². The van der Waals surface area contributed by atoms with E-state index in [2.05, 4.69) is 10.1 Å². The molecule has 2 aromatic rings. The lowest BCUT2D eigenvalue weighted by Gasteiger charge is -2.24. The summed E-state index contributed by atoms with van der Waals surface area (Å²) in [5.74, 6) is 0.247. The quantitative estimate of drug-likeness (QED) is 0.922. The van der Waals surface area contributed by atoms with Crippen molar-refractivity contribution in [2.45, 2.75) is 25.3 Å². The summed E-state index contributed by atoms with van der Waals surface area (Å²) in [5.41, 5.74) is 2.46. The molecule has 2 saturated heterocycles. The number of carbonyl (C=O) groups is 2. The lowest BCUT2D eigenvalue weighted by Crippen LogP contribution is -2.39. The summed E-state index contributed by atoms with van der Waals surface area (Å²) < 4.78 is 1.72. The standard InChI is InChI=1S/C17H21N5O2/c1-20-10-12(7-19-20)14-8-18-9-15(14)17(24)21-6-4-13(11-21)22-5-2-3-16(22)23/h7-10,13,18H,2-6,11H2,1H3. The van der Waals surface area contributed by atoms with Gasteiger partial charge in [-0.05, 0) is 12.8 Å². The van der Waals surface area contributed by atoms with Gasteiger partial charge in [-0.15, -0.1) is 0 Å². The first-order valence-electron chi connectivity index (χ1n) is 8.38. The van der Waals surface area contributed by atoms with E-state index in [4.69, 9.17) is 0 Å². The summed E-state index contributed by atoms with van der Waals surface area (Å²) in [4.78, 5) is 31.7. The van der Waals surface area contributed by atoms with Gasteiger partial charge < -0.3 is 14.8 Å². The maximum atomic E-state index is 12.9. The highest BCUT2D eigenvalue weighted by Gasteiger charge is 2.35. The Morgan fingerprint density at radius 3 is 2.92 bits per heavy atom. The summed E-state index contributed by atoms with van der Waals surface area (Å²) >= 11 is 0. The van der Waals surface area contributed by atoms with E-state index >= 15 is 0 Å². The topological polar surface area (TPSA) is 74.2 Å². The van der Waals surface area contributed by atoms with Crippen LogP contribution in [0.25, 0.3) is 11.1 Å². The second-order valence-electron chi connectivity index (χ2n) is 6.57. The van der Waals surface area contributed by atoms with Crippen LogP contribution in [0.2, 0.25) is 0 Å². The van der Waals surface area contributed by atoms with Crippen LogP contribution in [0.15, 0.2) is 24.8 Å². The highest BCUT2D eigenvalue weighted by atomic mass is 16.2. The molecule has 1 unspecified atom stereocenters. The number of likely N-dealkylation sites (tertiary alicyclic amines) is 2. The molecule has 0 saturated carbocycles. The summed E-state index contributed by atoms with van der Waals surface area (Å²) in [7, 11) is 1.86. The normalized spacial score (nSPS) is 21.0. The van der Waals surface area contributed by atoms with Crippen molar-refractivity contribution >= 4 is 11.8 Å². The Hall–Kier alpha value is -2.57. The largest absolute Gasteiger partial charge is 0.366 e. The van der Waals surface area contributed by atoms with Crippen LogP contribution >= 0.6 is 0 Å². The number of rotatable bonds is 3. The zero-order valence-electron chi connectivity index (χ0n) is 13.7. The summed E-state index contributed by atoms with van der Waals surface area (Å²) in [6.07, 6.45) is 9.69. The van der Waals surface area contributed by atoms with E-state index in [0.29, 0.717) is 25.1 Å². The van der Waals surface area contributed by atoms with E-state index in [9.17, 15) is 9.59 Å². The lowest BCUT2D eigenvalue weighted by molar-refractivity contribution is -0.129. The van der Waals surface area contributed by atoms with E-state index < -0.39 is 0 Å². The average molecular weight is 327 g/mol. The van der Waals surface area contributed by atoms with Gasteiger partial charge in [-0.3, -0.25) is 14.3 Å². The molecule has 0 aliphatic carbocycles. The molecule has 0 aromatic carbocycles. The molecule has 2 amide bonds. The van der Waals surface area contributed by atoms with Crippen LogP contribution in [-0.2, 0) is 11.8 Å². The highest BCUT2D eigenvalue weighted by Crippen LogP contribution is 2.27. The molecule has 1 N–H and O–H groups in total. The smallest absolute Gasteiger partial charge is 0.256 e. The van der Waals surface area contributed by atoms with Crippen LogP contribution in [0.1, 0.15) is 29.6 Å². The number of carbonyl (C=O) groups excluding carboxylic acids is 2. The van der Waals surface area contributed by atoms with Crippen LogP contribution in [0.3, 0.4) is 0 Å². The molecule has 0 bridgehead atoms. The van der Waals surface area contributed by atoms with E-state index in [1.165, 1.54) is 0 Å². The second kappa shape index (κ2) is 5.81. The van der Waals surface area contributed by atoms with Crippen LogP contribution in [0, 0.1) is 0 Å². The maximum Gasteiger partial charge on any atom is 0.256 e. The van der Waals surface area contributed by atoms with Gasteiger partial charge in [0.1, 0.15) is 0 Å². The third kappa shape index (κ3) is 2.50. The molecule has 0 spiro atoms. The van der Waals surface area contributed by atoms with Gasteiger partial charge in [-0.25, -0.2) is 0 Å². The lowest BCUT2D eigenvalue weighted by atomic mass is 10.1. The van der Waals surface area contributed by atoms with Gasteiger partial charge in [0.05, 0.1) is 17.8 Å². The van der Waals surface area contributed by atoms with Crippen LogP contribution in [0.4, 0.5) is 0 Å². The first kappa shape index (κ1) is 15.0. The Labute approximate surface area is 140 Å². The maximum absolute atomic E-state index is 12.9. The number of hydrogen-bond donors (Lipinski definition) is 1. The van der Waals surface area contributed by atoms with Crippen molar-refractivity contribution in [2.24, 2.45) is 7.05 Å². The molecule has 7 nitrogen and oxygen atoms in total.